The summed E-state index contributed by atoms with van der Waals surface area (Å²) < 4.78 is 6.80. The summed E-state index contributed by atoms with van der Waals surface area (Å²) in [4.78, 5) is 2.43. The quantitative estimate of drug-likeness (QED) is 0.175. The third-order valence-electron chi connectivity index (χ3n) is 10.0. The minimum Gasteiger partial charge on any atom is -0.455 e. The van der Waals surface area contributed by atoms with Crippen molar-refractivity contribution in [2.24, 2.45) is 0 Å². The van der Waals surface area contributed by atoms with Gasteiger partial charge in [-0.15, -0.1) is 0 Å². The Morgan fingerprint density at radius 3 is 1.88 bits per heavy atom. The zero-order chi connectivity index (χ0) is 33.0. The second-order valence-electron chi connectivity index (χ2n) is 12.9. The predicted molar refractivity (Wildman–Crippen MR) is 212 cm³/mol. The molecule has 234 valence electrons. The summed E-state index contributed by atoms with van der Waals surface area (Å²) in [5.74, 6) is 0. The minimum absolute atomic E-state index is 0.875. The van der Waals surface area contributed by atoms with E-state index in [-0.39, 0.29) is 0 Å². The van der Waals surface area contributed by atoms with Gasteiger partial charge in [0.1, 0.15) is 11.2 Å². The molecule has 10 aromatic rings. The maximum Gasteiger partial charge on any atom is 0.145 e. The Labute approximate surface area is 290 Å². The normalized spacial score (nSPS) is 11.6. The van der Waals surface area contributed by atoms with Gasteiger partial charge in [-0.3, -0.25) is 0 Å². The van der Waals surface area contributed by atoms with Gasteiger partial charge in [0.05, 0.1) is 16.8 Å². The van der Waals surface area contributed by atoms with E-state index >= 15 is 0 Å². The highest BCUT2D eigenvalue weighted by molar-refractivity contribution is 6.19. The second kappa shape index (κ2) is 11.5. The van der Waals surface area contributed by atoms with Crippen molar-refractivity contribution in [1.29, 1.82) is 0 Å². The van der Waals surface area contributed by atoms with E-state index in [0.717, 1.165) is 50.1 Å². The topological polar surface area (TPSA) is 16.4 Å². The second-order valence-corrected chi connectivity index (χ2v) is 12.9. The van der Waals surface area contributed by atoms with Crippen LogP contribution in [0.1, 0.15) is 0 Å². The number of hydrogen-bond donors (Lipinski definition) is 0. The highest BCUT2D eigenvalue weighted by Gasteiger charge is 2.23. The molecule has 50 heavy (non-hydrogen) atoms. The van der Waals surface area contributed by atoms with Gasteiger partial charge < -0.3 is 9.32 Å². The Kier molecular flexibility index (Phi) is 6.53. The summed E-state index contributed by atoms with van der Waals surface area (Å²) in [7, 11) is 0. The van der Waals surface area contributed by atoms with Crippen LogP contribution in [-0.2, 0) is 0 Å². The van der Waals surface area contributed by atoms with E-state index in [9.17, 15) is 0 Å². The smallest absolute Gasteiger partial charge is 0.145 e. The third-order valence-corrected chi connectivity index (χ3v) is 10.0. The number of nitrogens with zero attached hydrogens (tertiary/aromatic N) is 1. The van der Waals surface area contributed by atoms with Gasteiger partial charge in [0, 0.05) is 22.0 Å². The van der Waals surface area contributed by atoms with E-state index in [1.165, 1.54) is 43.4 Å². The van der Waals surface area contributed by atoms with Crippen LogP contribution < -0.4 is 4.90 Å². The highest BCUT2D eigenvalue weighted by Crippen LogP contribution is 2.48. The predicted octanol–water partition coefficient (Wildman–Crippen LogP) is 13.8. The highest BCUT2D eigenvalue weighted by atomic mass is 16.3. The zero-order valence-electron chi connectivity index (χ0n) is 27.3. The molecule has 10 rings (SSSR count). The van der Waals surface area contributed by atoms with E-state index in [2.05, 4.69) is 193 Å². The summed E-state index contributed by atoms with van der Waals surface area (Å²) in [6.45, 7) is 0. The first-order valence-corrected chi connectivity index (χ1v) is 17.1. The molecular formula is C48H31NO. The van der Waals surface area contributed by atoms with Crippen LogP contribution in [0, 0.1) is 0 Å². The molecule has 0 atom stereocenters. The maximum absolute atomic E-state index is 6.80. The molecule has 0 bridgehead atoms. The number of benzene rings is 9. The fourth-order valence-corrected chi connectivity index (χ4v) is 7.64. The average Bonchev–Trinajstić information content (AvgIpc) is 3.58. The molecule has 2 heteroatoms. The average molecular weight is 638 g/mol. The Morgan fingerprint density at radius 2 is 1.02 bits per heavy atom. The number of fused-ring (bicyclic) bond motifs is 7. The van der Waals surface area contributed by atoms with Gasteiger partial charge in [0.15, 0.2) is 0 Å². The lowest BCUT2D eigenvalue weighted by molar-refractivity contribution is 0.670. The lowest BCUT2D eigenvalue weighted by atomic mass is 9.96. The molecule has 9 aromatic carbocycles. The molecule has 1 aromatic heterocycles. The molecule has 2 nitrogen and oxygen atoms in total. The van der Waals surface area contributed by atoms with Crippen molar-refractivity contribution in [3.05, 3.63) is 188 Å². The molecule has 0 amide bonds. The fourth-order valence-electron chi connectivity index (χ4n) is 7.64. The lowest BCUT2D eigenvalue weighted by Gasteiger charge is -2.28. The van der Waals surface area contributed by atoms with Gasteiger partial charge in [-0.2, -0.15) is 0 Å². The van der Waals surface area contributed by atoms with Crippen LogP contribution in [0.5, 0.6) is 0 Å². The van der Waals surface area contributed by atoms with Crippen LogP contribution in [0.3, 0.4) is 0 Å². The van der Waals surface area contributed by atoms with Crippen LogP contribution in [0.25, 0.3) is 76.5 Å². The first-order valence-electron chi connectivity index (χ1n) is 17.1. The molecule has 0 radical (unpaired) electrons. The van der Waals surface area contributed by atoms with Crippen LogP contribution in [0.4, 0.5) is 17.1 Å². The Hall–Kier alpha value is -6.64. The molecule has 0 fully saturated rings. The van der Waals surface area contributed by atoms with Crippen molar-refractivity contribution in [1.82, 2.24) is 0 Å². The molecule has 0 aliphatic carbocycles. The van der Waals surface area contributed by atoms with Crippen molar-refractivity contribution >= 4 is 71.3 Å². The monoisotopic (exact) mass is 637 g/mol. The largest absolute Gasteiger partial charge is 0.455 e. The molecule has 0 unspecified atom stereocenters. The summed E-state index contributed by atoms with van der Waals surface area (Å²) in [5.41, 5.74) is 9.63. The summed E-state index contributed by atoms with van der Waals surface area (Å²) in [6, 6.07) is 67.5. The van der Waals surface area contributed by atoms with Crippen molar-refractivity contribution in [3.63, 3.8) is 0 Å². The van der Waals surface area contributed by atoms with Crippen LogP contribution in [0.15, 0.2) is 192 Å². The van der Waals surface area contributed by atoms with Crippen molar-refractivity contribution in [2.75, 3.05) is 4.90 Å². The number of furan rings is 1. The maximum atomic E-state index is 6.80. The molecule has 0 N–H and O–H groups in total. The first kappa shape index (κ1) is 28.4. The standard InChI is InChI=1S/C48H31NO/c1-2-11-32(12-3-1)34-21-23-36(24-22-34)40-29-30-45(47-43-17-8-9-20-46(43)50-48(40)47)49(38-27-25-33-13-4-5-15-37(33)31-38)44-19-10-18-41-39-16-7-6-14-35(39)26-28-42(41)44/h1-31H. The Bertz CT molecular complexity index is 2870. The number of rotatable bonds is 5. The third kappa shape index (κ3) is 4.57. The van der Waals surface area contributed by atoms with Gasteiger partial charge >= 0.3 is 0 Å². The summed E-state index contributed by atoms with van der Waals surface area (Å²) in [5, 5.41) is 9.51. The number of anilines is 3. The minimum atomic E-state index is 0.875. The van der Waals surface area contributed by atoms with Gasteiger partial charge in [0.25, 0.3) is 0 Å². The van der Waals surface area contributed by atoms with E-state index in [0.29, 0.717) is 0 Å². The van der Waals surface area contributed by atoms with E-state index < -0.39 is 0 Å². The Balaban J connectivity index is 1.25. The molecule has 0 saturated carbocycles. The van der Waals surface area contributed by atoms with Crippen LogP contribution >= 0.6 is 0 Å². The van der Waals surface area contributed by atoms with Gasteiger partial charge in [0.2, 0.25) is 0 Å². The van der Waals surface area contributed by atoms with Gasteiger partial charge in [-0.25, -0.2) is 0 Å². The lowest BCUT2D eigenvalue weighted by Crippen LogP contribution is -2.11. The first-order chi connectivity index (χ1) is 24.8. The zero-order valence-corrected chi connectivity index (χ0v) is 27.3. The number of para-hydroxylation sites is 1. The molecule has 1 heterocycles. The fraction of sp³-hybridized carbons (Fsp3) is 0. The van der Waals surface area contributed by atoms with Crippen LogP contribution in [-0.4, -0.2) is 0 Å². The van der Waals surface area contributed by atoms with Crippen molar-refractivity contribution < 1.29 is 4.42 Å². The molecule has 0 aliphatic heterocycles. The summed E-state index contributed by atoms with van der Waals surface area (Å²) in [6.07, 6.45) is 0. The molecule has 0 saturated heterocycles. The summed E-state index contributed by atoms with van der Waals surface area (Å²) >= 11 is 0. The number of hydrogen-bond acceptors (Lipinski definition) is 2. The molecule has 0 spiro atoms. The van der Waals surface area contributed by atoms with E-state index in [4.69, 9.17) is 4.42 Å². The molecule has 0 aliphatic rings. The van der Waals surface area contributed by atoms with Crippen LogP contribution in [0.2, 0.25) is 0 Å². The van der Waals surface area contributed by atoms with Crippen molar-refractivity contribution in [2.45, 2.75) is 0 Å². The van der Waals surface area contributed by atoms with Gasteiger partial charge in [-0.05, 0) is 80.0 Å². The van der Waals surface area contributed by atoms with Crippen molar-refractivity contribution in [3.8, 4) is 22.3 Å². The molecular weight excluding hydrogens is 607 g/mol. The van der Waals surface area contributed by atoms with E-state index in [1.807, 2.05) is 0 Å². The van der Waals surface area contributed by atoms with Gasteiger partial charge in [-0.1, -0.05) is 152 Å². The SMILES string of the molecule is c1ccc(-c2ccc(-c3ccc(N(c4ccc5ccccc5c4)c4cccc5c4ccc4ccccc45)c4c3oc3ccccc34)cc2)cc1. The Morgan fingerprint density at radius 1 is 0.360 bits per heavy atom. The van der Waals surface area contributed by atoms with E-state index in [1.54, 1.807) is 0 Å².